The van der Waals surface area contributed by atoms with Crippen LogP contribution in [0.3, 0.4) is 0 Å². The molecule has 4 nitrogen and oxygen atoms in total. The molecule has 4 rings (SSSR count). The van der Waals surface area contributed by atoms with Gasteiger partial charge >= 0.3 is 0 Å². The molecular weight excluding hydrogens is 315 g/mol. The summed E-state index contributed by atoms with van der Waals surface area (Å²) in [6.45, 7) is 3.96. The van der Waals surface area contributed by atoms with Crippen LogP contribution < -0.4 is 5.32 Å². The molecule has 0 amide bonds. The highest BCUT2D eigenvalue weighted by Gasteiger charge is 2.44. The van der Waals surface area contributed by atoms with Crippen LogP contribution in [0.2, 0.25) is 0 Å². The number of halogens is 2. The first-order valence-electron chi connectivity index (χ1n) is 7.95. The van der Waals surface area contributed by atoms with Crippen molar-refractivity contribution in [2.75, 3.05) is 26.7 Å². The quantitative estimate of drug-likeness (QED) is 0.869. The summed E-state index contributed by atoms with van der Waals surface area (Å²) in [5.74, 6) is 0.944. The standard InChI is InChI=1S/C17H21FN4.ClH/c1-21-9-10-22-15(13-3-2-4-14(18)11-13)12-20-16(22)17(21)5-7-19-8-6-17;/h2-4,11-12,19H,5-10H2,1H3;1H. The van der Waals surface area contributed by atoms with Gasteiger partial charge in [-0.25, -0.2) is 9.37 Å². The number of aromatic nitrogens is 2. The molecule has 124 valence electrons. The van der Waals surface area contributed by atoms with Crippen LogP contribution in [0.15, 0.2) is 30.5 Å². The molecule has 1 fully saturated rings. The average Bonchev–Trinajstić information content (AvgIpc) is 2.97. The van der Waals surface area contributed by atoms with Gasteiger partial charge < -0.3 is 9.88 Å². The highest BCUT2D eigenvalue weighted by Crippen LogP contribution is 2.40. The third-order valence-electron chi connectivity index (χ3n) is 5.21. The van der Waals surface area contributed by atoms with Crippen LogP contribution in [0.5, 0.6) is 0 Å². The molecule has 0 atom stereocenters. The number of benzene rings is 1. The lowest BCUT2D eigenvalue weighted by Gasteiger charge is -2.47. The number of rotatable bonds is 1. The maximum Gasteiger partial charge on any atom is 0.129 e. The molecular formula is C17H22ClFN4. The zero-order valence-corrected chi connectivity index (χ0v) is 14.1. The lowest BCUT2D eigenvalue weighted by Crippen LogP contribution is -2.55. The second kappa shape index (κ2) is 6.23. The van der Waals surface area contributed by atoms with E-state index in [-0.39, 0.29) is 23.8 Å². The van der Waals surface area contributed by atoms with Crippen molar-refractivity contribution in [2.24, 2.45) is 0 Å². The van der Waals surface area contributed by atoms with Gasteiger partial charge in [-0.05, 0) is 45.1 Å². The highest BCUT2D eigenvalue weighted by atomic mass is 35.5. The first kappa shape index (κ1) is 16.4. The highest BCUT2D eigenvalue weighted by molar-refractivity contribution is 5.85. The Morgan fingerprint density at radius 2 is 2.00 bits per heavy atom. The van der Waals surface area contributed by atoms with Gasteiger partial charge in [0.15, 0.2) is 0 Å². The Morgan fingerprint density at radius 3 is 2.74 bits per heavy atom. The van der Waals surface area contributed by atoms with Crippen molar-refractivity contribution < 1.29 is 4.39 Å². The maximum absolute atomic E-state index is 13.6. The predicted molar refractivity (Wildman–Crippen MR) is 91.3 cm³/mol. The maximum atomic E-state index is 13.6. The SMILES string of the molecule is CN1CCn2c(-c3cccc(F)c3)cnc2C12CCNCC2.Cl. The smallest absolute Gasteiger partial charge is 0.129 e. The van der Waals surface area contributed by atoms with Crippen molar-refractivity contribution in [1.82, 2.24) is 19.8 Å². The second-order valence-electron chi connectivity index (χ2n) is 6.33. The molecule has 1 N–H and O–H groups in total. The van der Waals surface area contributed by atoms with Gasteiger partial charge in [0.1, 0.15) is 11.6 Å². The summed E-state index contributed by atoms with van der Waals surface area (Å²) in [6, 6.07) is 6.80. The summed E-state index contributed by atoms with van der Waals surface area (Å²) in [5.41, 5.74) is 1.96. The van der Waals surface area contributed by atoms with Crippen molar-refractivity contribution in [2.45, 2.75) is 24.9 Å². The van der Waals surface area contributed by atoms with Gasteiger partial charge in [0.2, 0.25) is 0 Å². The third kappa shape index (κ3) is 2.57. The van der Waals surface area contributed by atoms with E-state index in [1.165, 1.54) is 6.07 Å². The van der Waals surface area contributed by atoms with E-state index >= 15 is 0 Å². The van der Waals surface area contributed by atoms with Gasteiger partial charge in [-0.1, -0.05) is 12.1 Å². The molecule has 0 aliphatic carbocycles. The normalized spacial score (nSPS) is 20.1. The molecule has 1 saturated heterocycles. The molecule has 0 saturated carbocycles. The van der Waals surface area contributed by atoms with Crippen LogP contribution in [0.4, 0.5) is 4.39 Å². The molecule has 3 heterocycles. The molecule has 0 unspecified atom stereocenters. The van der Waals surface area contributed by atoms with E-state index < -0.39 is 0 Å². The molecule has 1 spiro atoms. The largest absolute Gasteiger partial charge is 0.325 e. The fraction of sp³-hybridized carbons (Fsp3) is 0.471. The summed E-state index contributed by atoms with van der Waals surface area (Å²) in [4.78, 5) is 7.21. The summed E-state index contributed by atoms with van der Waals surface area (Å²) < 4.78 is 15.8. The van der Waals surface area contributed by atoms with E-state index in [0.29, 0.717) is 0 Å². The molecule has 0 radical (unpaired) electrons. The van der Waals surface area contributed by atoms with Gasteiger partial charge in [0.25, 0.3) is 0 Å². The second-order valence-corrected chi connectivity index (χ2v) is 6.33. The molecule has 0 bridgehead atoms. The van der Waals surface area contributed by atoms with E-state index in [1.807, 2.05) is 12.3 Å². The molecule has 2 aliphatic heterocycles. The summed E-state index contributed by atoms with van der Waals surface area (Å²) >= 11 is 0. The van der Waals surface area contributed by atoms with E-state index in [9.17, 15) is 4.39 Å². The topological polar surface area (TPSA) is 33.1 Å². The number of piperidine rings is 1. The molecule has 2 aliphatic rings. The van der Waals surface area contributed by atoms with Crippen molar-refractivity contribution in [3.8, 4) is 11.3 Å². The zero-order chi connectivity index (χ0) is 15.2. The van der Waals surface area contributed by atoms with Gasteiger partial charge in [-0.3, -0.25) is 4.90 Å². The van der Waals surface area contributed by atoms with Crippen LogP contribution in [-0.4, -0.2) is 41.1 Å². The predicted octanol–water partition coefficient (Wildman–Crippen LogP) is 2.64. The Balaban J connectivity index is 0.00000156. The van der Waals surface area contributed by atoms with E-state index in [4.69, 9.17) is 4.98 Å². The van der Waals surface area contributed by atoms with E-state index in [0.717, 1.165) is 56.1 Å². The molecule has 1 aromatic carbocycles. The number of imidazole rings is 1. The Kier molecular flexibility index (Phi) is 4.45. The van der Waals surface area contributed by atoms with Gasteiger partial charge in [0.05, 0.1) is 17.4 Å². The minimum Gasteiger partial charge on any atom is -0.325 e. The van der Waals surface area contributed by atoms with Crippen molar-refractivity contribution >= 4 is 12.4 Å². The number of nitrogens with one attached hydrogen (secondary N) is 1. The molecule has 23 heavy (non-hydrogen) atoms. The minimum absolute atomic E-state index is 0. The van der Waals surface area contributed by atoms with Gasteiger partial charge in [-0.2, -0.15) is 0 Å². The fourth-order valence-corrected chi connectivity index (χ4v) is 3.93. The number of fused-ring (bicyclic) bond motifs is 2. The van der Waals surface area contributed by atoms with Gasteiger partial charge in [-0.15, -0.1) is 12.4 Å². The van der Waals surface area contributed by atoms with Gasteiger partial charge in [0, 0.05) is 18.7 Å². The Labute approximate surface area is 142 Å². The summed E-state index contributed by atoms with van der Waals surface area (Å²) in [7, 11) is 2.20. The number of nitrogens with zero attached hydrogens (tertiary/aromatic N) is 3. The molecule has 6 heteroatoms. The lowest BCUT2D eigenvalue weighted by molar-refractivity contribution is 0.0440. The van der Waals surface area contributed by atoms with Crippen molar-refractivity contribution in [1.29, 1.82) is 0 Å². The number of likely N-dealkylation sites (N-methyl/N-ethyl adjacent to an activating group) is 1. The van der Waals surface area contributed by atoms with E-state index in [2.05, 4.69) is 21.8 Å². The van der Waals surface area contributed by atoms with Crippen LogP contribution in [0, 0.1) is 5.82 Å². The fourth-order valence-electron chi connectivity index (χ4n) is 3.93. The Bertz CT molecular complexity index is 694. The third-order valence-corrected chi connectivity index (χ3v) is 5.21. The minimum atomic E-state index is -0.197. The van der Waals surface area contributed by atoms with Crippen LogP contribution in [0.1, 0.15) is 18.7 Å². The lowest BCUT2D eigenvalue weighted by atomic mass is 9.84. The summed E-state index contributed by atoms with van der Waals surface area (Å²) in [6.07, 6.45) is 4.05. The van der Waals surface area contributed by atoms with Crippen molar-refractivity contribution in [3.63, 3.8) is 0 Å². The first-order valence-corrected chi connectivity index (χ1v) is 7.95. The van der Waals surface area contributed by atoms with E-state index in [1.54, 1.807) is 12.1 Å². The molecule has 2 aromatic rings. The zero-order valence-electron chi connectivity index (χ0n) is 13.3. The average molecular weight is 337 g/mol. The van der Waals surface area contributed by atoms with Crippen LogP contribution >= 0.6 is 12.4 Å². The van der Waals surface area contributed by atoms with Crippen molar-refractivity contribution in [3.05, 3.63) is 42.1 Å². The number of hydrogen-bond donors (Lipinski definition) is 1. The Morgan fingerprint density at radius 1 is 1.22 bits per heavy atom. The number of hydrogen-bond acceptors (Lipinski definition) is 3. The Hall–Kier alpha value is -1.43. The van der Waals surface area contributed by atoms with Crippen LogP contribution in [-0.2, 0) is 12.1 Å². The van der Waals surface area contributed by atoms with Crippen LogP contribution in [0.25, 0.3) is 11.3 Å². The summed E-state index contributed by atoms with van der Waals surface area (Å²) in [5, 5.41) is 3.44. The monoisotopic (exact) mass is 336 g/mol. The first-order chi connectivity index (χ1) is 10.7. The molecule has 1 aromatic heterocycles.